The maximum atomic E-state index is 12.4. The van der Waals surface area contributed by atoms with Crippen molar-refractivity contribution in [1.29, 1.82) is 0 Å². The monoisotopic (exact) mass is 452 g/mol. The van der Waals surface area contributed by atoms with E-state index in [0.717, 1.165) is 9.21 Å². The van der Waals surface area contributed by atoms with Crippen molar-refractivity contribution in [3.05, 3.63) is 59.1 Å². The molecule has 0 fully saturated rings. The molecule has 1 aliphatic heterocycles. The van der Waals surface area contributed by atoms with Gasteiger partial charge in [0, 0.05) is 17.2 Å². The Morgan fingerprint density at radius 3 is 2.37 bits per heavy atom. The van der Waals surface area contributed by atoms with E-state index in [4.69, 9.17) is 4.74 Å². The molecule has 10 heteroatoms. The number of carbonyl (C=O) groups excluding carboxylic acids is 2. The molecule has 2 amide bonds. The summed E-state index contributed by atoms with van der Waals surface area (Å²) in [5, 5.41) is 0. The Labute approximate surface area is 166 Å². The van der Waals surface area contributed by atoms with Crippen LogP contribution in [0.15, 0.2) is 41.0 Å². The Morgan fingerprint density at radius 2 is 1.81 bits per heavy atom. The molecule has 1 aromatic heterocycles. The second-order valence-corrected chi connectivity index (χ2v) is 7.37. The van der Waals surface area contributed by atoms with E-state index in [1.807, 2.05) is 0 Å². The normalized spacial score (nSPS) is 13.2. The highest BCUT2D eigenvalue weighted by Gasteiger charge is 2.35. The lowest BCUT2D eigenvalue weighted by Gasteiger charge is -2.22. The lowest BCUT2D eigenvalue weighted by molar-refractivity contribution is 0.0659. The number of thiol groups is 1. The summed E-state index contributed by atoms with van der Waals surface area (Å²) < 4.78 is 30.5. The lowest BCUT2D eigenvalue weighted by atomic mass is 10.1. The molecule has 1 aliphatic rings. The number of amides is 2. The molecule has 0 aliphatic carbocycles. The van der Waals surface area contributed by atoms with E-state index >= 15 is 0 Å². The van der Waals surface area contributed by atoms with Gasteiger partial charge in [0.2, 0.25) is 16.8 Å². The SMILES string of the molecule is [CH2]COc1ncc(Br)cc1N(CCN1C(=O)c2ccccc2C1=O)[SH](=O)=O. The first-order chi connectivity index (χ1) is 12.9. The third-order valence-electron chi connectivity index (χ3n) is 3.93. The van der Waals surface area contributed by atoms with Crippen LogP contribution in [-0.4, -0.2) is 49.8 Å². The number of pyridine rings is 1. The molecular formula is C17H15BrN3O5S. The van der Waals surface area contributed by atoms with E-state index in [2.05, 4.69) is 27.8 Å². The van der Waals surface area contributed by atoms with Crippen LogP contribution < -0.4 is 9.04 Å². The quantitative estimate of drug-likeness (QED) is 0.507. The summed E-state index contributed by atoms with van der Waals surface area (Å²) in [6.07, 6.45) is 1.47. The van der Waals surface area contributed by atoms with Crippen LogP contribution in [-0.2, 0) is 10.9 Å². The molecule has 141 valence electrons. The Hall–Kier alpha value is -2.46. The Bertz CT molecular complexity index is 936. The molecule has 1 radical (unpaired) electrons. The van der Waals surface area contributed by atoms with E-state index in [0.29, 0.717) is 15.6 Å². The summed E-state index contributed by atoms with van der Waals surface area (Å²) in [6.45, 7) is 3.38. The average Bonchev–Trinajstić information content (AvgIpc) is 2.89. The fourth-order valence-corrected chi connectivity index (χ4v) is 3.63. The van der Waals surface area contributed by atoms with Gasteiger partial charge in [-0.1, -0.05) is 12.1 Å². The van der Waals surface area contributed by atoms with Crippen molar-refractivity contribution in [2.24, 2.45) is 0 Å². The Morgan fingerprint density at radius 1 is 1.19 bits per heavy atom. The number of anilines is 1. The van der Waals surface area contributed by atoms with E-state index < -0.39 is 22.7 Å². The number of hydrogen-bond donors (Lipinski definition) is 1. The van der Waals surface area contributed by atoms with Crippen LogP contribution in [0.1, 0.15) is 20.7 Å². The largest absolute Gasteiger partial charge is 0.476 e. The second kappa shape index (κ2) is 8.05. The van der Waals surface area contributed by atoms with Crippen LogP contribution in [0.3, 0.4) is 0 Å². The maximum Gasteiger partial charge on any atom is 0.261 e. The first-order valence-electron chi connectivity index (χ1n) is 7.88. The molecule has 2 aromatic rings. The Balaban J connectivity index is 1.85. The minimum atomic E-state index is -3.06. The molecule has 0 unspecified atom stereocenters. The van der Waals surface area contributed by atoms with E-state index in [9.17, 15) is 18.0 Å². The number of imide groups is 1. The highest BCUT2D eigenvalue weighted by Crippen LogP contribution is 2.30. The number of halogens is 1. The number of aromatic nitrogens is 1. The molecule has 3 rings (SSSR count). The number of carbonyl (C=O) groups is 2. The third kappa shape index (κ3) is 3.81. The van der Waals surface area contributed by atoms with Crippen LogP contribution in [0.25, 0.3) is 0 Å². The van der Waals surface area contributed by atoms with Crippen LogP contribution in [0.4, 0.5) is 5.69 Å². The molecule has 8 nitrogen and oxygen atoms in total. The van der Waals surface area contributed by atoms with Crippen molar-refractivity contribution < 1.29 is 22.7 Å². The molecule has 0 saturated heterocycles. The third-order valence-corrected chi connectivity index (χ3v) is 5.17. The van der Waals surface area contributed by atoms with E-state index in [-0.39, 0.29) is 31.3 Å². The topological polar surface area (TPSA) is 96.9 Å². The maximum absolute atomic E-state index is 12.4. The zero-order valence-corrected chi connectivity index (χ0v) is 16.5. The predicted molar refractivity (Wildman–Crippen MR) is 102 cm³/mol. The number of fused-ring (bicyclic) bond motifs is 1. The van der Waals surface area contributed by atoms with E-state index in [1.165, 1.54) is 12.3 Å². The first-order valence-corrected chi connectivity index (χ1v) is 9.81. The molecule has 0 spiro atoms. The van der Waals surface area contributed by atoms with Crippen molar-refractivity contribution in [1.82, 2.24) is 9.88 Å². The van der Waals surface area contributed by atoms with Gasteiger partial charge in [0.25, 0.3) is 11.8 Å². The van der Waals surface area contributed by atoms with Gasteiger partial charge in [-0.25, -0.2) is 13.4 Å². The number of hydrogen-bond acceptors (Lipinski definition) is 6. The lowest BCUT2D eigenvalue weighted by Crippen LogP contribution is -2.38. The smallest absolute Gasteiger partial charge is 0.261 e. The van der Waals surface area contributed by atoms with Crippen molar-refractivity contribution in [3.63, 3.8) is 0 Å². The van der Waals surface area contributed by atoms with Gasteiger partial charge in [0.15, 0.2) is 0 Å². The van der Waals surface area contributed by atoms with Gasteiger partial charge < -0.3 is 4.74 Å². The summed E-state index contributed by atoms with van der Waals surface area (Å²) in [5.41, 5.74) is 0.817. The number of ether oxygens (including phenoxy) is 1. The summed E-state index contributed by atoms with van der Waals surface area (Å²) in [5.74, 6) is -0.800. The number of benzene rings is 1. The Kier molecular flexibility index (Phi) is 5.76. The molecule has 0 N–H and O–H groups in total. The standard InChI is InChI=1S/C17H15BrN3O5S/c1-2-26-15-14(9-11(18)10-19-15)21(27(24)25)8-7-20-16(22)12-5-3-4-6-13(12)17(20)23/h3-6,9-10,27H,1-2,7-8H2. The average molecular weight is 453 g/mol. The number of nitrogens with zero attached hydrogens (tertiary/aromatic N) is 3. The van der Waals surface area contributed by atoms with Gasteiger partial charge in [-0.15, -0.1) is 0 Å². The molecule has 0 bridgehead atoms. The molecule has 0 saturated carbocycles. The van der Waals surface area contributed by atoms with Crippen LogP contribution >= 0.6 is 15.9 Å². The molecule has 2 heterocycles. The highest BCUT2D eigenvalue weighted by atomic mass is 79.9. The van der Waals surface area contributed by atoms with Gasteiger partial charge in [0.1, 0.15) is 5.69 Å². The molecular weight excluding hydrogens is 438 g/mol. The van der Waals surface area contributed by atoms with Crippen molar-refractivity contribution in [2.75, 3.05) is 24.0 Å². The fourth-order valence-electron chi connectivity index (χ4n) is 2.74. The summed E-state index contributed by atoms with van der Waals surface area (Å²) in [7, 11) is -3.06. The van der Waals surface area contributed by atoms with Gasteiger partial charge >= 0.3 is 0 Å². The first kappa shape index (κ1) is 19.3. The van der Waals surface area contributed by atoms with Gasteiger partial charge in [-0.2, -0.15) is 0 Å². The van der Waals surface area contributed by atoms with E-state index in [1.54, 1.807) is 24.3 Å². The predicted octanol–water partition coefficient (Wildman–Crippen LogP) is 1.69. The van der Waals surface area contributed by atoms with Gasteiger partial charge in [-0.3, -0.25) is 18.8 Å². The van der Waals surface area contributed by atoms with Gasteiger partial charge in [-0.05, 0) is 41.1 Å². The zero-order chi connectivity index (χ0) is 19.6. The van der Waals surface area contributed by atoms with Crippen molar-refractivity contribution in [3.8, 4) is 5.88 Å². The number of rotatable bonds is 7. The van der Waals surface area contributed by atoms with Crippen molar-refractivity contribution >= 4 is 44.3 Å². The van der Waals surface area contributed by atoms with Crippen molar-refractivity contribution in [2.45, 2.75) is 0 Å². The highest BCUT2D eigenvalue weighted by molar-refractivity contribution is 9.10. The van der Waals surface area contributed by atoms with Crippen LogP contribution in [0, 0.1) is 6.92 Å². The minimum Gasteiger partial charge on any atom is -0.476 e. The summed E-state index contributed by atoms with van der Waals surface area (Å²) >= 11 is 3.24. The minimum absolute atomic E-state index is 0.0590. The fraction of sp³-hybridized carbons (Fsp3) is 0.176. The van der Waals surface area contributed by atoms with Gasteiger partial charge in [0.05, 0.1) is 24.3 Å². The zero-order valence-electron chi connectivity index (χ0n) is 14.0. The van der Waals surface area contributed by atoms with Crippen LogP contribution in [0.2, 0.25) is 0 Å². The molecule has 0 atom stereocenters. The molecule has 1 aromatic carbocycles. The summed E-state index contributed by atoms with van der Waals surface area (Å²) in [4.78, 5) is 29.9. The van der Waals surface area contributed by atoms with Crippen LogP contribution in [0.5, 0.6) is 5.88 Å². The molecule has 27 heavy (non-hydrogen) atoms. The summed E-state index contributed by atoms with van der Waals surface area (Å²) in [6, 6.07) is 8.01. The second-order valence-electron chi connectivity index (χ2n) is 5.49.